The minimum atomic E-state index is -4.52. The van der Waals surface area contributed by atoms with E-state index in [-0.39, 0.29) is 16.8 Å². The van der Waals surface area contributed by atoms with Crippen LogP contribution in [0.15, 0.2) is 18.2 Å². The zero-order valence-corrected chi connectivity index (χ0v) is 9.32. The Kier molecular flexibility index (Phi) is 4.33. The van der Waals surface area contributed by atoms with Gasteiger partial charge in [-0.05, 0) is 18.2 Å². The van der Waals surface area contributed by atoms with E-state index >= 15 is 0 Å². The molecule has 0 heterocycles. The normalized spacial score (nSPS) is 10.9. The molecule has 0 bridgehead atoms. The predicted octanol–water partition coefficient (Wildman–Crippen LogP) is 1.39. The van der Waals surface area contributed by atoms with Crippen molar-refractivity contribution < 1.29 is 32.7 Å². The molecule has 4 N–H and O–H groups in total. The Bertz CT molecular complexity index is 502. The van der Waals surface area contributed by atoms with Crippen LogP contribution in [0.1, 0.15) is 20.7 Å². The molecule has 0 unspecified atom stereocenters. The minimum absolute atomic E-state index is 0.279. The molecule has 0 fully saturated rings. The van der Waals surface area contributed by atoms with Crippen molar-refractivity contribution in [2.45, 2.75) is 6.18 Å². The van der Waals surface area contributed by atoms with Crippen LogP contribution in [0, 0.1) is 0 Å². The van der Waals surface area contributed by atoms with Crippen molar-refractivity contribution in [1.29, 1.82) is 0 Å². The fourth-order valence-electron chi connectivity index (χ4n) is 1.26. The molecule has 0 amide bonds. The van der Waals surface area contributed by atoms with Crippen LogP contribution in [-0.2, 0) is 4.84 Å². The topological polar surface area (TPSA) is 102 Å². The van der Waals surface area contributed by atoms with Gasteiger partial charge in [0.15, 0.2) is 0 Å². The Morgan fingerprint density at radius 3 is 2.47 bits per heavy atom. The molecular weight excluding hydrogens is 269 g/mol. The van der Waals surface area contributed by atoms with Crippen LogP contribution in [0.2, 0.25) is 0 Å². The first kappa shape index (κ1) is 14.8. The molecule has 0 aliphatic heterocycles. The average Bonchev–Trinajstić information content (AvgIpc) is 2.34. The number of carbonyl (C=O) groups is 2. The van der Waals surface area contributed by atoms with Gasteiger partial charge >= 0.3 is 18.1 Å². The van der Waals surface area contributed by atoms with Gasteiger partial charge in [0, 0.05) is 5.69 Å². The number of aromatic carboxylic acids is 1. The molecule has 0 aromatic heterocycles. The molecular formula is C10H9F3N2O4. The average molecular weight is 278 g/mol. The molecule has 1 aromatic carbocycles. The smallest absolute Gasteiger partial charge is 0.405 e. The summed E-state index contributed by atoms with van der Waals surface area (Å²) in [7, 11) is 0. The molecule has 0 saturated heterocycles. The molecule has 19 heavy (non-hydrogen) atoms. The lowest BCUT2D eigenvalue weighted by atomic mass is 10.1. The summed E-state index contributed by atoms with van der Waals surface area (Å²) in [6, 6.07) is 2.95. The van der Waals surface area contributed by atoms with Gasteiger partial charge in [-0.2, -0.15) is 19.1 Å². The lowest BCUT2D eigenvalue weighted by molar-refractivity contribution is -0.115. The lowest BCUT2D eigenvalue weighted by Crippen LogP contribution is -2.23. The highest BCUT2D eigenvalue weighted by atomic mass is 19.4. The van der Waals surface area contributed by atoms with E-state index in [1.807, 2.05) is 5.32 Å². The highest BCUT2D eigenvalue weighted by molar-refractivity contribution is 5.98. The molecule has 0 spiro atoms. The second-order valence-corrected chi connectivity index (χ2v) is 3.44. The fourth-order valence-corrected chi connectivity index (χ4v) is 1.26. The number of carboxylic acids is 1. The number of carbonyl (C=O) groups excluding carboxylic acids is 1. The third kappa shape index (κ3) is 4.14. The van der Waals surface area contributed by atoms with Crippen molar-refractivity contribution >= 4 is 17.6 Å². The van der Waals surface area contributed by atoms with Gasteiger partial charge in [-0.25, -0.2) is 9.59 Å². The van der Waals surface area contributed by atoms with Crippen LogP contribution in [0.4, 0.5) is 18.9 Å². The molecule has 1 aromatic rings. The van der Waals surface area contributed by atoms with E-state index in [2.05, 4.69) is 10.7 Å². The van der Waals surface area contributed by atoms with Crippen molar-refractivity contribution in [3.8, 4) is 0 Å². The van der Waals surface area contributed by atoms with Crippen molar-refractivity contribution in [3.05, 3.63) is 29.3 Å². The van der Waals surface area contributed by atoms with Gasteiger partial charge in [-0.1, -0.05) is 0 Å². The van der Waals surface area contributed by atoms with Crippen molar-refractivity contribution in [1.82, 2.24) is 0 Å². The maximum absolute atomic E-state index is 12.1. The van der Waals surface area contributed by atoms with Crippen LogP contribution >= 0.6 is 0 Å². The van der Waals surface area contributed by atoms with Gasteiger partial charge in [0.05, 0.1) is 11.1 Å². The minimum Gasteiger partial charge on any atom is -0.478 e. The zero-order valence-electron chi connectivity index (χ0n) is 9.32. The van der Waals surface area contributed by atoms with E-state index in [0.29, 0.717) is 0 Å². The summed E-state index contributed by atoms with van der Waals surface area (Å²) < 4.78 is 36.3. The fraction of sp³-hybridized carbons (Fsp3) is 0.200. The molecule has 104 valence electrons. The third-order valence-corrected chi connectivity index (χ3v) is 2.07. The first-order chi connectivity index (χ1) is 8.74. The number of carboxylic acid groups (broad SMARTS) is 1. The number of hydrogen-bond acceptors (Lipinski definition) is 5. The SMILES string of the molecule is NOC(=O)c1ccc(C(=O)O)cc1NCC(F)(F)F. The van der Waals surface area contributed by atoms with E-state index < -0.39 is 24.7 Å². The molecule has 1 rings (SSSR count). The Labute approximate surface area is 104 Å². The van der Waals surface area contributed by atoms with Crippen LogP contribution in [0.25, 0.3) is 0 Å². The number of alkyl halides is 3. The number of anilines is 1. The molecule has 9 heteroatoms. The Morgan fingerprint density at radius 1 is 1.37 bits per heavy atom. The van der Waals surface area contributed by atoms with Crippen LogP contribution in [0.3, 0.4) is 0 Å². The molecule has 0 saturated carbocycles. The van der Waals surface area contributed by atoms with E-state index in [4.69, 9.17) is 5.11 Å². The third-order valence-electron chi connectivity index (χ3n) is 2.07. The van der Waals surface area contributed by atoms with E-state index in [0.717, 1.165) is 18.2 Å². The maximum Gasteiger partial charge on any atom is 0.405 e. The van der Waals surface area contributed by atoms with Crippen LogP contribution in [-0.4, -0.2) is 29.8 Å². The lowest BCUT2D eigenvalue weighted by Gasteiger charge is -2.13. The van der Waals surface area contributed by atoms with Gasteiger partial charge in [0.25, 0.3) is 0 Å². The van der Waals surface area contributed by atoms with E-state index in [1.54, 1.807) is 0 Å². The summed E-state index contributed by atoms with van der Waals surface area (Å²) in [5.74, 6) is 2.21. The number of rotatable bonds is 4. The Hall–Kier alpha value is -2.29. The summed E-state index contributed by atoms with van der Waals surface area (Å²) in [5, 5.41) is 10.7. The number of nitrogens with one attached hydrogen (secondary N) is 1. The number of nitrogens with two attached hydrogens (primary N) is 1. The van der Waals surface area contributed by atoms with E-state index in [9.17, 15) is 22.8 Å². The number of halogens is 3. The largest absolute Gasteiger partial charge is 0.478 e. The molecule has 0 radical (unpaired) electrons. The van der Waals surface area contributed by atoms with Crippen LogP contribution < -0.4 is 11.2 Å². The van der Waals surface area contributed by atoms with Crippen LogP contribution in [0.5, 0.6) is 0 Å². The number of hydrogen-bond donors (Lipinski definition) is 3. The standard InChI is InChI=1S/C10H9F3N2O4/c11-10(12,13)4-15-7-3-5(8(16)17)1-2-6(7)9(18)19-14/h1-3,15H,4,14H2,(H,16,17). The highest BCUT2D eigenvalue weighted by Gasteiger charge is 2.27. The van der Waals surface area contributed by atoms with Gasteiger partial charge in [0.2, 0.25) is 0 Å². The van der Waals surface area contributed by atoms with Gasteiger partial charge in [0.1, 0.15) is 6.54 Å². The highest BCUT2D eigenvalue weighted by Crippen LogP contribution is 2.22. The Morgan fingerprint density at radius 2 is 2.00 bits per heavy atom. The number of benzene rings is 1. The first-order valence-corrected chi connectivity index (χ1v) is 4.83. The summed E-state index contributed by atoms with van der Waals surface area (Å²) in [4.78, 5) is 25.8. The summed E-state index contributed by atoms with van der Waals surface area (Å²) >= 11 is 0. The summed E-state index contributed by atoms with van der Waals surface area (Å²) in [6.07, 6.45) is -4.52. The molecule has 6 nitrogen and oxygen atoms in total. The molecule has 0 atom stereocenters. The van der Waals surface area contributed by atoms with E-state index in [1.165, 1.54) is 0 Å². The maximum atomic E-state index is 12.1. The second kappa shape index (κ2) is 5.57. The Balaban J connectivity index is 3.11. The van der Waals surface area contributed by atoms with Gasteiger partial charge in [-0.3, -0.25) is 0 Å². The molecule has 0 aliphatic rings. The van der Waals surface area contributed by atoms with Crippen molar-refractivity contribution in [2.75, 3.05) is 11.9 Å². The quantitative estimate of drug-likeness (QED) is 0.719. The summed E-state index contributed by atoms with van der Waals surface area (Å²) in [5.41, 5.74) is -0.900. The summed E-state index contributed by atoms with van der Waals surface area (Å²) in [6.45, 7) is -1.43. The predicted molar refractivity (Wildman–Crippen MR) is 57.5 cm³/mol. The molecule has 0 aliphatic carbocycles. The first-order valence-electron chi connectivity index (χ1n) is 4.83. The van der Waals surface area contributed by atoms with Crippen molar-refractivity contribution in [2.24, 2.45) is 5.90 Å². The van der Waals surface area contributed by atoms with Gasteiger partial charge < -0.3 is 15.3 Å². The van der Waals surface area contributed by atoms with Crippen molar-refractivity contribution in [3.63, 3.8) is 0 Å². The van der Waals surface area contributed by atoms with Gasteiger partial charge in [-0.15, -0.1) is 0 Å². The zero-order chi connectivity index (χ0) is 14.6. The monoisotopic (exact) mass is 278 g/mol. The second-order valence-electron chi connectivity index (χ2n) is 3.44.